The summed E-state index contributed by atoms with van der Waals surface area (Å²) in [5, 5.41) is 13.3. The van der Waals surface area contributed by atoms with Gasteiger partial charge in [-0.1, -0.05) is 42.5 Å². The number of carbonyl (C=O) groups is 2. The van der Waals surface area contributed by atoms with Crippen molar-refractivity contribution in [1.82, 2.24) is 15.2 Å². The van der Waals surface area contributed by atoms with Gasteiger partial charge in [-0.05, 0) is 53.4 Å². The number of benzene rings is 3. The first-order valence-electron chi connectivity index (χ1n) is 12.8. The van der Waals surface area contributed by atoms with E-state index in [1.165, 1.54) is 12.1 Å². The van der Waals surface area contributed by atoms with Gasteiger partial charge in [0, 0.05) is 30.2 Å². The van der Waals surface area contributed by atoms with Crippen LogP contribution in [-0.2, 0) is 33.9 Å². The molecule has 1 aromatic heterocycles. The molecule has 0 aliphatic rings. The summed E-state index contributed by atoms with van der Waals surface area (Å²) in [6, 6.07) is 21.5. The van der Waals surface area contributed by atoms with E-state index in [0.717, 1.165) is 34.0 Å². The topological polar surface area (TPSA) is 104 Å². The van der Waals surface area contributed by atoms with Gasteiger partial charge in [-0.15, -0.1) is 0 Å². The van der Waals surface area contributed by atoms with Crippen LogP contribution in [0.3, 0.4) is 0 Å². The normalized spacial score (nSPS) is 11.1. The molecule has 0 bridgehead atoms. The monoisotopic (exact) mass is 533 g/mol. The molecular weight excluding hydrogens is 501 g/mol. The molecule has 0 fully saturated rings. The summed E-state index contributed by atoms with van der Waals surface area (Å²) >= 11 is 0. The minimum Gasteiger partial charge on any atom is -0.492 e. The fraction of sp³-hybridized carbons (Fsp3) is 0.267. The standard InChI is InChI=1S/C30H32FN3O5/c31-25-9-5-23(6-10-25)20-38-21-29(35)32-14-16-39-26-11-7-22(8-12-26)18-34(19-30(36)37)15-13-24-17-33-28-4-2-1-3-27(24)28/h1-12,17,33H,13-16,18-21H2,(H,32,35)(H,36,37). The molecule has 0 saturated heterocycles. The molecule has 1 amide bonds. The lowest BCUT2D eigenvalue weighted by Gasteiger charge is -2.20. The lowest BCUT2D eigenvalue weighted by molar-refractivity contribution is -0.138. The van der Waals surface area contributed by atoms with Crippen LogP contribution in [0, 0.1) is 5.82 Å². The van der Waals surface area contributed by atoms with Crippen LogP contribution in [0.15, 0.2) is 79.0 Å². The number of carboxylic acid groups (broad SMARTS) is 1. The number of H-pyrrole nitrogens is 1. The van der Waals surface area contributed by atoms with Crippen molar-refractivity contribution in [2.75, 3.05) is 32.8 Å². The molecule has 4 aromatic rings. The number of aliphatic carboxylic acids is 1. The molecule has 8 nitrogen and oxygen atoms in total. The highest BCUT2D eigenvalue weighted by Gasteiger charge is 2.12. The molecule has 204 valence electrons. The Balaban J connectivity index is 1.17. The molecule has 0 spiro atoms. The number of aromatic nitrogens is 1. The third-order valence-corrected chi connectivity index (χ3v) is 6.17. The summed E-state index contributed by atoms with van der Waals surface area (Å²) in [5.74, 6) is -0.785. The smallest absolute Gasteiger partial charge is 0.317 e. The molecule has 0 atom stereocenters. The Morgan fingerprint density at radius 3 is 2.49 bits per heavy atom. The van der Waals surface area contributed by atoms with Crippen LogP contribution in [0.4, 0.5) is 4.39 Å². The summed E-state index contributed by atoms with van der Waals surface area (Å²) in [7, 11) is 0. The lowest BCUT2D eigenvalue weighted by Crippen LogP contribution is -2.31. The second-order valence-corrected chi connectivity index (χ2v) is 9.18. The number of rotatable bonds is 15. The zero-order valence-electron chi connectivity index (χ0n) is 21.6. The maximum absolute atomic E-state index is 12.9. The Hall–Kier alpha value is -4.21. The molecule has 39 heavy (non-hydrogen) atoms. The number of halogens is 1. The number of nitrogens with one attached hydrogen (secondary N) is 2. The van der Waals surface area contributed by atoms with Crippen LogP contribution in [-0.4, -0.2) is 59.7 Å². The van der Waals surface area contributed by atoms with Crippen LogP contribution in [0.5, 0.6) is 5.75 Å². The fourth-order valence-electron chi connectivity index (χ4n) is 4.22. The highest BCUT2D eigenvalue weighted by Crippen LogP contribution is 2.19. The fourth-order valence-corrected chi connectivity index (χ4v) is 4.22. The van der Waals surface area contributed by atoms with Gasteiger partial charge in [0.25, 0.3) is 0 Å². The highest BCUT2D eigenvalue weighted by atomic mass is 19.1. The number of hydrogen-bond acceptors (Lipinski definition) is 5. The van der Waals surface area contributed by atoms with Crippen molar-refractivity contribution in [1.29, 1.82) is 0 Å². The van der Waals surface area contributed by atoms with Crippen LogP contribution in [0.2, 0.25) is 0 Å². The Bertz CT molecular complexity index is 1360. The van der Waals surface area contributed by atoms with E-state index in [2.05, 4.69) is 16.4 Å². The Morgan fingerprint density at radius 2 is 1.72 bits per heavy atom. The Kier molecular flexibility index (Phi) is 10.0. The Morgan fingerprint density at radius 1 is 0.974 bits per heavy atom. The number of ether oxygens (including phenoxy) is 2. The van der Waals surface area contributed by atoms with Gasteiger partial charge in [-0.25, -0.2) is 4.39 Å². The first-order valence-corrected chi connectivity index (χ1v) is 12.8. The molecule has 9 heteroatoms. The van der Waals surface area contributed by atoms with Gasteiger partial charge in [0.15, 0.2) is 0 Å². The number of aromatic amines is 1. The second kappa shape index (κ2) is 14.1. The van der Waals surface area contributed by atoms with E-state index in [1.54, 1.807) is 12.1 Å². The first kappa shape index (κ1) is 27.8. The molecule has 0 radical (unpaired) electrons. The van der Waals surface area contributed by atoms with Crippen LogP contribution in [0.1, 0.15) is 16.7 Å². The van der Waals surface area contributed by atoms with Crippen molar-refractivity contribution < 1.29 is 28.6 Å². The third-order valence-electron chi connectivity index (χ3n) is 6.17. The zero-order valence-corrected chi connectivity index (χ0v) is 21.6. The average molecular weight is 534 g/mol. The van der Waals surface area contributed by atoms with E-state index in [9.17, 15) is 19.1 Å². The molecule has 0 unspecified atom stereocenters. The number of nitrogens with zero attached hydrogens (tertiary/aromatic N) is 1. The van der Waals surface area contributed by atoms with Crippen molar-refractivity contribution in [2.45, 2.75) is 19.6 Å². The molecule has 0 saturated carbocycles. The average Bonchev–Trinajstić information content (AvgIpc) is 3.34. The van der Waals surface area contributed by atoms with Crippen molar-refractivity contribution in [2.24, 2.45) is 0 Å². The number of carboxylic acids is 1. The maximum Gasteiger partial charge on any atom is 0.317 e. The predicted molar refractivity (Wildman–Crippen MR) is 146 cm³/mol. The van der Waals surface area contributed by atoms with E-state index in [-0.39, 0.29) is 31.5 Å². The van der Waals surface area contributed by atoms with Gasteiger partial charge in [-0.2, -0.15) is 0 Å². The van der Waals surface area contributed by atoms with Crippen molar-refractivity contribution >= 4 is 22.8 Å². The van der Waals surface area contributed by atoms with Gasteiger partial charge in [-0.3, -0.25) is 14.5 Å². The van der Waals surface area contributed by atoms with Gasteiger partial charge < -0.3 is 24.9 Å². The summed E-state index contributed by atoms with van der Waals surface area (Å²) in [4.78, 5) is 28.5. The summed E-state index contributed by atoms with van der Waals surface area (Å²) < 4.78 is 24.0. The number of para-hydroxylation sites is 1. The van der Waals surface area contributed by atoms with Gasteiger partial charge >= 0.3 is 5.97 Å². The maximum atomic E-state index is 12.9. The highest BCUT2D eigenvalue weighted by molar-refractivity contribution is 5.83. The summed E-state index contributed by atoms with van der Waals surface area (Å²) in [6.45, 7) is 1.80. The predicted octanol–water partition coefficient (Wildman–Crippen LogP) is 4.15. The molecule has 3 N–H and O–H groups in total. The number of fused-ring (bicyclic) bond motifs is 1. The molecule has 0 aliphatic heterocycles. The van der Waals surface area contributed by atoms with E-state index >= 15 is 0 Å². The van der Waals surface area contributed by atoms with Crippen LogP contribution >= 0.6 is 0 Å². The Labute approximate surface area is 226 Å². The quantitative estimate of drug-likeness (QED) is 0.199. The number of hydrogen-bond donors (Lipinski definition) is 3. The van der Waals surface area contributed by atoms with Gasteiger partial charge in [0.1, 0.15) is 24.8 Å². The van der Waals surface area contributed by atoms with Crippen molar-refractivity contribution in [3.8, 4) is 5.75 Å². The van der Waals surface area contributed by atoms with E-state index in [1.807, 2.05) is 53.6 Å². The van der Waals surface area contributed by atoms with E-state index in [0.29, 0.717) is 32.0 Å². The number of amides is 1. The minimum absolute atomic E-state index is 0.0477. The minimum atomic E-state index is -0.864. The SMILES string of the molecule is O=C(O)CN(CCc1c[nH]c2ccccc12)Cc1ccc(OCCNC(=O)COCc2ccc(F)cc2)cc1. The molecular formula is C30H32FN3O5. The van der Waals surface area contributed by atoms with Crippen molar-refractivity contribution in [3.63, 3.8) is 0 Å². The van der Waals surface area contributed by atoms with Crippen molar-refractivity contribution in [3.05, 3.63) is 102 Å². The van der Waals surface area contributed by atoms with Crippen LogP contribution in [0.25, 0.3) is 10.9 Å². The number of carbonyl (C=O) groups excluding carboxylic acids is 1. The van der Waals surface area contributed by atoms with Gasteiger partial charge in [0.05, 0.1) is 19.7 Å². The largest absolute Gasteiger partial charge is 0.492 e. The second-order valence-electron chi connectivity index (χ2n) is 9.18. The lowest BCUT2D eigenvalue weighted by atomic mass is 10.1. The molecule has 3 aromatic carbocycles. The van der Waals surface area contributed by atoms with E-state index < -0.39 is 5.97 Å². The van der Waals surface area contributed by atoms with Gasteiger partial charge in [0.2, 0.25) is 5.91 Å². The summed E-state index contributed by atoms with van der Waals surface area (Å²) in [5.41, 5.74) is 4.00. The van der Waals surface area contributed by atoms with E-state index in [4.69, 9.17) is 9.47 Å². The molecule has 4 rings (SSSR count). The van der Waals surface area contributed by atoms with Crippen LogP contribution < -0.4 is 10.1 Å². The third kappa shape index (κ3) is 8.94. The molecule has 0 aliphatic carbocycles. The summed E-state index contributed by atoms with van der Waals surface area (Å²) in [6.07, 6.45) is 2.72. The first-order chi connectivity index (χ1) is 19.0. The molecule has 1 heterocycles. The zero-order chi connectivity index (χ0) is 27.5.